The van der Waals surface area contributed by atoms with Crippen molar-refractivity contribution in [2.45, 2.75) is 75.1 Å². The van der Waals surface area contributed by atoms with Crippen molar-refractivity contribution in [3.63, 3.8) is 0 Å². The van der Waals surface area contributed by atoms with Gasteiger partial charge in [0.05, 0.1) is 5.03 Å². The fourth-order valence-corrected chi connectivity index (χ4v) is 5.07. The molecule has 0 spiro atoms. The molecule has 1 saturated heterocycles. The Balaban J connectivity index is 1.60. The summed E-state index contributed by atoms with van der Waals surface area (Å²) in [7, 11) is 0. The lowest BCUT2D eigenvalue weighted by Gasteiger charge is -2.26. The zero-order valence-corrected chi connectivity index (χ0v) is 14.9. The van der Waals surface area contributed by atoms with Gasteiger partial charge in [0.25, 0.3) is 0 Å². The smallest absolute Gasteiger partial charge is 0.0962 e. The van der Waals surface area contributed by atoms with Crippen molar-refractivity contribution in [2.75, 3.05) is 13.1 Å². The molecule has 2 heterocycles. The highest BCUT2D eigenvalue weighted by Crippen LogP contribution is 2.35. The van der Waals surface area contributed by atoms with Gasteiger partial charge in [-0.3, -0.25) is 4.90 Å². The van der Waals surface area contributed by atoms with Gasteiger partial charge in [-0.15, -0.1) is 11.8 Å². The van der Waals surface area contributed by atoms with Crippen LogP contribution in [-0.4, -0.2) is 28.2 Å². The van der Waals surface area contributed by atoms with Gasteiger partial charge in [-0.2, -0.15) is 0 Å². The van der Waals surface area contributed by atoms with Gasteiger partial charge in [0, 0.05) is 24.0 Å². The number of likely N-dealkylation sites (tertiary alicyclic amines) is 1. The average Bonchev–Trinajstić information content (AvgIpc) is 2.96. The van der Waals surface area contributed by atoms with Gasteiger partial charge >= 0.3 is 0 Å². The third kappa shape index (κ3) is 4.26. The minimum absolute atomic E-state index is 0.601. The van der Waals surface area contributed by atoms with Crippen LogP contribution in [0, 0.1) is 5.92 Å². The average molecular weight is 319 g/mol. The van der Waals surface area contributed by atoms with Gasteiger partial charge in [-0.25, -0.2) is 4.98 Å². The van der Waals surface area contributed by atoms with Crippen LogP contribution in [0.3, 0.4) is 0 Å². The molecule has 22 heavy (non-hydrogen) atoms. The van der Waals surface area contributed by atoms with E-state index in [4.69, 9.17) is 4.98 Å². The topological polar surface area (TPSA) is 16.1 Å². The highest BCUT2D eigenvalue weighted by Gasteiger charge is 2.26. The second-order valence-electron chi connectivity index (χ2n) is 7.35. The SMILES string of the molecule is CC(C)CN1CCC[C@@H]1c1ccc(SC2CCCCC2)nc1. The molecule has 3 heteroatoms. The number of thioether (sulfide) groups is 1. The van der Waals surface area contributed by atoms with E-state index in [9.17, 15) is 0 Å². The first-order valence-corrected chi connectivity index (χ1v) is 9.97. The third-order valence-corrected chi connectivity index (χ3v) is 6.23. The van der Waals surface area contributed by atoms with E-state index >= 15 is 0 Å². The molecule has 0 bridgehead atoms. The standard InChI is InChI=1S/C19H30N2S/c1-15(2)14-21-12-6-9-18(21)16-10-11-19(20-13-16)22-17-7-4-3-5-8-17/h10-11,13,15,17-18H,3-9,12,14H2,1-2H3/t18-/m1/s1. The molecular weight excluding hydrogens is 288 g/mol. The molecule has 1 atom stereocenters. The maximum Gasteiger partial charge on any atom is 0.0962 e. The molecule has 2 aliphatic rings. The van der Waals surface area contributed by atoms with E-state index in [1.165, 1.54) is 68.6 Å². The predicted molar refractivity (Wildman–Crippen MR) is 95.4 cm³/mol. The lowest BCUT2D eigenvalue weighted by Crippen LogP contribution is -2.27. The Hall–Kier alpha value is -0.540. The Morgan fingerprint density at radius 1 is 1.14 bits per heavy atom. The van der Waals surface area contributed by atoms with Crippen LogP contribution in [0.15, 0.2) is 23.4 Å². The normalized spacial score (nSPS) is 24.2. The highest BCUT2D eigenvalue weighted by atomic mass is 32.2. The molecule has 1 aliphatic heterocycles. The van der Waals surface area contributed by atoms with Crippen molar-refractivity contribution in [1.82, 2.24) is 9.88 Å². The zero-order chi connectivity index (χ0) is 15.4. The molecule has 1 aromatic heterocycles. The minimum atomic E-state index is 0.601. The fourth-order valence-electron chi connectivity index (χ4n) is 3.90. The van der Waals surface area contributed by atoms with E-state index in [1.807, 2.05) is 11.8 Å². The van der Waals surface area contributed by atoms with Crippen LogP contribution in [0.25, 0.3) is 0 Å². The molecule has 0 unspecified atom stereocenters. The van der Waals surface area contributed by atoms with E-state index in [1.54, 1.807) is 0 Å². The van der Waals surface area contributed by atoms with Crippen LogP contribution >= 0.6 is 11.8 Å². The van der Waals surface area contributed by atoms with Gasteiger partial charge in [-0.05, 0) is 49.8 Å². The molecule has 122 valence electrons. The van der Waals surface area contributed by atoms with Crippen LogP contribution in [0.2, 0.25) is 0 Å². The van der Waals surface area contributed by atoms with Crippen molar-refractivity contribution >= 4 is 11.8 Å². The summed E-state index contributed by atoms with van der Waals surface area (Å²) < 4.78 is 0. The molecule has 0 amide bonds. The largest absolute Gasteiger partial charge is 0.296 e. The van der Waals surface area contributed by atoms with Crippen molar-refractivity contribution < 1.29 is 0 Å². The monoisotopic (exact) mass is 318 g/mol. The predicted octanol–water partition coefficient (Wildman–Crippen LogP) is 5.30. The fraction of sp³-hybridized carbons (Fsp3) is 0.737. The van der Waals surface area contributed by atoms with Crippen molar-refractivity contribution in [3.05, 3.63) is 23.9 Å². The second-order valence-corrected chi connectivity index (χ2v) is 8.68. The van der Waals surface area contributed by atoms with E-state index in [2.05, 4.69) is 37.1 Å². The molecule has 0 aromatic carbocycles. The van der Waals surface area contributed by atoms with Gasteiger partial charge in [-0.1, -0.05) is 39.2 Å². The number of nitrogens with zero attached hydrogens (tertiary/aromatic N) is 2. The molecule has 1 aliphatic carbocycles. The Kier molecular flexibility index (Phi) is 5.81. The summed E-state index contributed by atoms with van der Waals surface area (Å²) in [5.74, 6) is 0.745. The van der Waals surface area contributed by atoms with E-state index in [0.717, 1.165) is 11.2 Å². The lowest BCUT2D eigenvalue weighted by atomic mass is 10.0. The first-order chi connectivity index (χ1) is 10.7. The molecule has 2 nitrogen and oxygen atoms in total. The Bertz CT molecular complexity index is 451. The zero-order valence-electron chi connectivity index (χ0n) is 14.1. The Morgan fingerprint density at radius 3 is 2.64 bits per heavy atom. The van der Waals surface area contributed by atoms with Crippen molar-refractivity contribution in [3.8, 4) is 0 Å². The number of pyridine rings is 1. The van der Waals surface area contributed by atoms with Crippen LogP contribution in [0.1, 0.15) is 70.4 Å². The van der Waals surface area contributed by atoms with E-state index in [-0.39, 0.29) is 0 Å². The van der Waals surface area contributed by atoms with Crippen molar-refractivity contribution in [2.24, 2.45) is 5.92 Å². The summed E-state index contributed by atoms with van der Waals surface area (Å²) in [5.41, 5.74) is 1.42. The van der Waals surface area contributed by atoms with Gasteiger partial charge in [0.15, 0.2) is 0 Å². The van der Waals surface area contributed by atoms with Gasteiger partial charge < -0.3 is 0 Å². The van der Waals surface area contributed by atoms with Crippen LogP contribution in [-0.2, 0) is 0 Å². The molecule has 0 N–H and O–H groups in total. The molecule has 1 saturated carbocycles. The summed E-state index contributed by atoms with van der Waals surface area (Å²) in [6.45, 7) is 7.10. The highest BCUT2D eigenvalue weighted by molar-refractivity contribution is 7.99. The number of rotatable bonds is 5. The molecule has 3 rings (SSSR count). The Labute approximate surface area is 140 Å². The number of hydrogen-bond acceptors (Lipinski definition) is 3. The first kappa shape index (κ1) is 16.3. The lowest BCUT2D eigenvalue weighted by molar-refractivity contribution is 0.228. The minimum Gasteiger partial charge on any atom is -0.296 e. The molecule has 1 aromatic rings. The van der Waals surface area contributed by atoms with Crippen LogP contribution in [0.4, 0.5) is 0 Å². The summed E-state index contributed by atoms with van der Waals surface area (Å²) >= 11 is 2.00. The quantitative estimate of drug-likeness (QED) is 0.733. The number of aromatic nitrogens is 1. The Morgan fingerprint density at radius 2 is 1.95 bits per heavy atom. The third-order valence-electron chi connectivity index (χ3n) is 4.95. The van der Waals surface area contributed by atoms with Crippen LogP contribution < -0.4 is 0 Å². The maximum absolute atomic E-state index is 4.77. The summed E-state index contributed by atoms with van der Waals surface area (Å²) in [6, 6.07) is 5.20. The van der Waals surface area contributed by atoms with Gasteiger partial charge in [0.2, 0.25) is 0 Å². The summed E-state index contributed by atoms with van der Waals surface area (Å²) in [4.78, 5) is 7.42. The van der Waals surface area contributed by atoms with Gasteiger partial charge in [0.1, 0.15) is 0 Å². The van der Waals surface area contributed by atoms with E-state index in [0.29, 0.717) is 6.04 Å². The molecule has 0 radical (unpaired) electrons. The second kappa shape index (κ2) is 7.83. The molecule has 2 fully saturated rings. The summed E-state index contributed by atoms with van der Waals surface area (Å²) in [5, 5.41) is 2.03. The number of hydrogen-bond donors (Lipinski definition) is 0. The summed E-state index contributed by atoms with van der Waals surface area (Å²) in [6.07, 6.45) is 11.8. The first-order valence-electron chi connectivity index (χ1n) is 9.09. The van der Waals surface area contributed by atoms with E-state index < -0.39 is 0 Å². The van der Waals surface area contributed by atoms with Crippen LogP contribution in [0.5, 0.6) is 0 Å². The maximum atomic E-state index is 4.77. The molecular formula is C19H30N2S. The van der Waals surface area contributed by atoms with Crippen molar-refractivity contribution in [1.29, 1.82) is 0 Å².